The van der Waals surface area contributed by atoms with Crippen molar-refractivity contribution in [3.63, 3.8) is 0 Å². The first-order valence-corrected chi connectivity index (χ1v) is 8.57. The largest absolute Gasteiger partial charge is 0.370 e. The van der Waals surface area contributed by atoms with E-state index in [1.165, 1.54) is 24.0 Å². The van der Waals surface area contributed by atoms with Crippen molar-refractivity contribution in [1.29, 1.82) is 0 Å². The first-order valence-electron chi connectivity index (χ1n) is 8.57. The summed E-state index contributed by atoms with van der Waals surface area (Å²) in [6.07, 6.45) is 4.82. The van der Waals surface area contributed by atoms with E-state index in [9.17, 15) is 4.79 Å². The van der Waals surface area contributed by atoms with Gasteiger partial charge in [0.2, 0.25) is 5.91 Å². The van der Waals surface area contributed by atoms with E-state index in [0.29, 0.717) is 12.0 Å². The molecule has 4 atom stereocenters. The third-order valence-electron chi connectivity index (χ3n) is 5.13. The van der Waals surface area contributed by atoms with Gasteiger partial charge in [-0.2, -0.15) is 0 Å². The Morgan fingerprint density at radius 2 is 1.95 bits per heavy atom. The number of carbonyl (C=O) groups excluding carboxylic acids is 1. The van der Waals surface area contributed by atoms with Crippen molar-refractivity contribution in [2.75, 3.05) is 0 Å². The topological polar surface area (TPSA) is 38.3 Å². The molecule has 1 aromatic rings. The Balaban J connectivity index is 1.76. The van der Waals surface area contributed by atoms with Gasteiger partial charge in [0.1, 0.15) is 0 Å². The molecule has 3 heteroatoms. The van der Waals surface area contributed by atoms with Crippen molar-refractivity contribution in [1.82, 2.24) is 5.32 Å². The highest BCUT2D eigenvalue weighted by molar-refractivity contribution is 5.78. The summed E-state index contributed by atoms with van der Waals surface area (Å²) in [7, 11) is 0. The zero-order valence-corrected chi connectivity index (χ0v) is 13.8. The Kier molecular flexibility index (Phi) is 4.53. The molecule has 3 rings (SSSR count). The third-order valence-corrected chi connectivity index (χ3v) is 5.13. The number of amides is 1. The van der Waals surface area contributed by atoms with Crippen LogP contribution in [0.15, 0.2) is 24.3 Å². The Hall–Kier alpha value is -1.35. The number of hydrogen-bond acceptors (Lipinski definition) is 2. The Morgan fingerprint density at radius 1 is 1.23 bits per heavy atom. The molecule has 1 N–H and O–H groups in total. The predicted molar refractivity (Wildman–Crippen MR) is 87.5 cm³/mol. The molecule has 0 spiro atoms. The molecule has 0 aromatic heterocycles. The molecule has 1 saturated heterocycles. The molecule has 3 nitrogen and oxygen atoms in total. The van der Waals surface area contributed by atoms with Gasteiger partial charge in [0.15, 0.2) is 0 Å². The van der Waals surface area contributed by atoms with Crippen LogP contribution in [0.4, 0.5) is 0 Å². The van der Waals surface area contributed by atoms with E-state index in [4.69, 9.17) is 4.74 Å². The van der Waals surface area contributed by atoms with E-state index in [1.807, 2.05) is 13.8 Å². The lowest BCUT2D eigenvalue weighted by atomic mass is 9.86. The zero-order valence-electron chi connectivity index (χ0n) is 13.8. The number of fused-ring (bicyclic) bond motifs is 1. The summed E-state index contributed by atoms with van der Waals surface area (Å²) in [5, 5.41) is 3.28. The first-order chi connectivity index (χ1) is 10.5. The van der Waals surface area contributed by atoms with Gasteiger partial charge >= 0.3 is 0 Å². The van der Waals surface area contributed by atoms with Crippen LogP contribution in [0.5, 0.6) is 0 Å². The minimum atomic E-state index is 0.0422. The van der Waals surface area contributed by atoms with Crippen LogP contribution in [0.1, 0.15) is 56.8 Å². The van der Waals surface area contributed by atoms with Crippen LogP contribution in [0.3, 0.4) is 0 Å². The molecule has 0 bridgehead atoms. The van der Waals surface area contributed by atoms with E-state index in [2.05, 4.69) is 36.5 Å². The van der Waals surface area contributed by atoms with Crippen molar-refractivity contribution in [2.45, 2.75) is 64.7 Å². The van der Waals surface area contributed by atoms with Crippen LogP contribution in [-0.4, -0.2) is 18.1 Å². The number of nitrogens with one attached hydrogen (secondary N) is 1. The number of ether oxygens (including phenoxy) is 1. The van der Waals surface area contributed by atoms with Crippen LogP contribution >= 0.6 is 0 Å². The molecule has 1 aromatic carbocycles. The number of aryl methyl sites for hydroxylation is 1. The highest BCUT2D eigenvalue weighted by Gasteiger charge is 2.42. The molecule has 2 aliphatic rings. The minimum absolute atomic E-state index is 0.0422. The number of hydrogen-bond donors (Lipinski definition) is 1. The summed E-state index contributed by atoms with van der Waals surface area (Å²) in [4.78, 5) is 12.1. The molecule has 1 heterocycles. The number of carbonyl (C=O) groups is 1. The standard InChI is InChI=1S/C19H27NO2/c1-12(2)19(21)20-16-11-18(14-9-7-13(3)8-10-14)22-17-6-4-5-15(16)17/h7-10,12,15-18H,4-6,11H2,1-3H3,(H,20,21)/t15-,16+,17+,18+/m0/s1. The summed E-state index contributed by atoms with van der Waals surface area (Å²) in [5.74, 6) is 0.699. The van der Waals surface area contributed by atoms with Crippen molar-refractivity contribution in [3.8, 4) is 0 Å². The Morgan fingerprint density at radius 3 is 2.64 bits per heavy atom. The van der Waals surface area contributed by atoms with Crippen molar-refractivity contribution >= 4 is 5.91 Å². The maximum absolute atomic E-state index is 12.1. The molecule has 120 valence electrons. The van der Waals surface area contributed by atoms with Crippen LogP contribution in [0.2, 0.25) is 0 Å². The maximum Gasteiger partial charge on any atom is 0.222 e. The van der Waals surface area contributed by atoms with Crippen LogP contribution < -0.4 is 5.32 Å². The van der Waals surface area contributed by atoms with Gasteiger partial charge < -0.3 is 10.1 Å². The SMILES string of the molecule is Cc1ccc([C@H]2C[C@@H](NC(=O)C(C)C)[C@@H]3CCC[C@H]3O2)cc1. The first kappa shape index (κ1) is 15.5. The third kappa shape index (κ3) is 3.19. The second kappa shape index (κ2) is 6.41. The summed E-state index contributed by atoms with van der Waals surface area (Å²) in [6, 6.07) is 8.86. The van der Waals surface area contributed by atoms with Gasteiger partial charge in [-0.15, -0.1) is 0 Å². The molecule has 0 radical (unpaired) electrons. The number of benzene rings is 1. The lowest BCUT2D eigenvalue weighted by molar-refractivity contribution is -0.129. The van der Waals surface area contributed by atoms with Crippen LogP contribution in [0, 0.1) is 18.8 Å². The van der Waals surface area contributed by atoms with Crippen molar-refractivity contribution < 1.29 is 9.53 Å². The van der Waals surface area contributed by atoms with E-state index in [0.717, 1.165) is 12.8 Å². The van der Waals surface area contributed by atoms with Crippen LogP contribution in [0.25, 0.3) is 0 Å². The molecule has 0 unspecified atom stereocenters. The smallest absolute Gasteiger partial charge is 0.222 e. The van der Waals surface area contributed by atoms with Gasteiger partial charge in [-0.25, -0.2) is 0 Å². The fourth-order valence-corrected chi connectivity index (χ4v) is 3.77. The van der Waals surface area contributed by atoms with E-state index >= 15 is 0 Å². The van der Waals surface area contributed by atoms with E-state index in [-0.39, 0.29) is 24.0 Å². The van der Waals surface area contributed by atoms with Gasteiger partial charge in [-0.3, -0.25) is 4.79 Å². The Labute approximate surface area is 133 Å². The maximum atomic E-state index is 12.1. The van der Waals surface area contributed by atoms with Gasteiger partial charge in [0.05, 0.1) is 12.2 Å². The monoisotopic (exact) mass is 301 g/mol. The zero-order chi connectivity index (χ0) is 15.7. The fraction of sp³-hybridized carbons (Fsp3) is 0.632. The highest BCUT2D eigenvalue weighted by atomic mass is 16.5. The average Bonchev–Trinajstić information content (AvgIpc) is 2.96. The van der Waals surface area contributed by atoms with Crippen molar-refractivity contribution in [3.05, 3.63) is 35.4 Å². The Bertz CT molecular complexity index is 523. The molecular formula is C19H27NO2. The summed E-state index contributed by atoms with van der Waals surface area (Å²) < 4.78 is 6.36. The molecule has 2 fully saturated rings. The molecule has 1 aliphatic heterocycles. The lowest BCUT2D eigenvalue weighted by Crippen LogP contribution is -2.49. The van der Waals surface area contributed by atoms with Gasteiger partial charge in [-0.1, -0.05) is 50.1 Å². The molecule has 1 saturated carbocycles. The number of rotatable bonds is 3. The highest BCUT2D eigenvalue weighted by Crippen LogP contribution is 2.42. The van der Waals surface area contributed by atoms with Gasteiger partial charge in [0, 0.05) is 17.9 Å². The summed E-state index contributed by atoms with van der Waals surface area (Å²) in [6.45, 7) is 6.01. The summed E-state index contributed by atoms with van der Waals surface area (Å²) in [5.41, 5.74) is 2.50. The summed E-state index contributed by atoms with van der Waals surface area (Å²) >= 11 is 0. The molecular weight excluding hydrogens is 274 g/mol. The van der Waals surface area contributed by atoms with Gasteiger partial charge in [-0.05, 0) is 31.7 Å². The predicted octanol–water partition coefficient (Wildman–Crippen LogP) is 3.77. The minimum Gasteiger partial charge on any atom is -0.370 e. The van der Waals surface area contributed by atoms with Crippen LogP contribution in [-0.2, 0) is 9.53 Å². The normalized spacial score (nSPS) is 31.1. The molecule has 22 heavy (non-hydrogen) atoms. The van der Waals surface area contributed by atoms with E-state index < -0.39 is 0 Å². The lowest BCUT2D eigenvalue weighted by Gasteiger charge is -2.39. The second-order valence-electron chi connectivity index (χ2n) is 7.17. The van der Waals surface area contributed by atoms with Crippen molar-refractivity contribution in [2.24, 2.45) is 11.8 Å². The fourth-order valence-electron chi connectivity index (χ4n) is 3.77. The van der Waals surface area contributed by atoms with Gasteiger partial charge in [0.25, 0.3) is 0 Å². The molecule has 1 aliphatic carbocycles. The quantitative estimate of drug-likeness (QED) is 0.923. The molecule has 1 amide bonds. The van der Waals surface area contributed by atoms with E-state index in [1.54, 1.807) is 0 Å². The second-order valence-corrected chi connectivity index (χ2v) is 7.17. The average molecular weight is 301 g/mol.